The first kappa shape index (κ1) is 11.0. The summed E-state index contributed by atoms with van der Waals surface area (Å²) >= 11 is 1.67. The number of thiophene rings is 1. The summed E-state index contributed by atoms with van der Waals surface area (Å²) in [5.74, 6) is 0.0773. The molecule has 4 heteroatoms. The van der Waals surface area contributed by atoms with E-state index < -0.39 is 0 Å². The number of Topliss-reactive ketones (excluding diaryl/α,β-unsaturated/α-hetero) is 1. The second-order valence-electron chi connectivity index (χ2n) is 3.99. The zero-order valence-corrected chi connectivity index (χ0v) is 10.4. The number of hydrogen-bond donors (Lipinski definition) is 0. The average Bonchev–Trinajstić information content (AvgIpc) is 2.83. The van der Waals surface area contributed by atoms with E-state index in [1.54, 1.807) is 23.6 Å². The first-order valence-electron chi connectivity index (χ1n) is 5.59. The standard InChI is InChI=1S/C14H10N2OS/c17-13(10-5-6-15-16-8-10)7-11-9-18-14-4-2-1-3-12(11)14/h1-6,8-9H,7H2. The molecule has 0 bridgehead atoms. The molecule has 3 nitrogen and oxygen atoms in total. The van der Waals surface area contributed by atoms with E-state index in [1.807, 2.05) is 12.1 Å². The lowest BCUT2D eigenvalue weighted by atomic mass is 10.0. The fourth-order valence-electron chi connectivity index (χ4n) is 1.90. The Morgan fingerprint density at radius 2 is 2.06 bits per heavy atom. The van der Waals surface area contributed by atoms with Gasteiger partial charge in [0, 0.05) is 16.7 Å². The molecular formula is C14H10N2OS. The molecule has 2 aromatic heterocycles. The van der Waals surface area contributed by atoms with Crippen molar-refractivity contribution in [2.75, 3.05) is 0 Å². The maximum atomic E-state index is 12.1. The monoisotopic (exact) mass is 254 g/mol. The van der Waals surface area contributed by atoms with Crippen LogP contribution in [0.15, 0.2) is 48.1 Å². The molecule has 2 heterocycles. The zero-order chi connectivity index (χ0) is 12.4. The number of carbonyl (C=O) groups excluding carboxylic acids is 1. The number of benzene rings is 1. The van der Waals surface area contributed by atoms with Gasteiger partial charge in [-0.1, -0.05) is 18.2 Å². The summed E-state index contributed by atoms with van der Waals surface area (Å²) in [6.45, 7) is 0. The minimum atomic E-state index is 0.0773. The summed E-state index contributed by atoms with van der Waals surface area (Å²) in [6, 6.07) is 9.83. The predicted molar refractivity (Wildman–Crippen MR) is 71.9 cm³/mol. The number of aromatic nitrogens is 2. The molecule has 0 amide bonds. The molecule has 0 aliphatic carbocycles. The molecule has 3 rings (SSSR count). The molecule has 3 aromatic rings. The lowest BCUT2D eigenvalue weighted by Gasteiger charge is -1.99. The summed E-state index contributed by atoms with van der Waals surface area (Å²) < 4.78 is 1.22. The molecule has 0 fully saturated rings. The molecule has 88 valence electrons. The topological polar surface area (TPSA) is 42.9 Å². The van der Waals surface area contributed by atoms with E-state index in [0.717, 1.165) is 10.9 Å². The zero-order valence-electron chi connectivity index (χ0n) is 9.54. The molecule has 0 N–H and O–H groups in total. The van der Waals surface area contributed by atoms with Crippen molar-refractivity contribution in [3.05, 3.63) is 59.2 Å². The highest BCUT2D eigenvalue weighted by molar-refractivity contribution is 7.17. The maximum Gasteiger partial charge on any atom is 0.168 e. The number of fused-ring (bicyclic) bond motifs is 1. The van der Waals surface area contributed by atoms with Gasteiger partial charge in [0.2, 0.25) is 0 Å². The summed E-state index contributed by atoms with van der Waals surface area (Å²) in [7, 11) is 0. The van der Waals surface area contributed by atoms with Crippen LogP contribution in [0.3, 0.4) is 0 Å². The first-order chi connectivity index (χ1) is 8.84. The fraction of sp³-hybridized carbons (Fsp3) is 0.0714. The highest BCUT2D eigenvalue weighted by Crippen LogP contribution is 2.26. The van der Waals surface area contributed by atoms with Gasteiger partial charge >= 0.3 is 0 Å². The van der Waals surface area contributed by atoms with Gasteiger partial charge in [-0.2, -0.15) is 10.2 Å². The minimum absolute atomic E-state index is 0.0773. The van der Waals surface area contributed by atoms with Crippen molar-refractivity contribution in [2.45, 2.75) is 6.42 Å². The van der Waals surface area contributed by atoms with E-state index in [2.05, 4.69) is 27.7 Å². The van der Waals surface area contributed by atoms with Crippen LogP contribution in [0.4, 0.5) is 0 Å². The lowest BCUT2D eigenvalue weighted by molar-refractivity contribution is 0.0993. The largest absolute Gasteiger partial charge is 0.294 e. The van der Waals surface area contributed by atoms with Crippen LogP contribution in [0.2, 0.25) is 0 Å². The van der Waals surface area contributed by atoms with Gasteiger partial charge in [0.1, 0.15) is 0 Å². The molecule has 0 saturated carbocycles. The predicted octanol–water partition coefficient (Wildman–Crippen LogP) is 3.12. The third kappa shape index (κ3) is 2.02. The van der Waals surface area contributed by atoms with E-state index in [4.69, 9.17) is 0 Å². The normalized spacial score (nSPS) is 10.7. The van der Waals surface area contributed by atoms with Crippen molar-refractivity contribution in [1.29, 1.82) is 0 Å². The van der Waals surface area contributed by atoms with Crippen molar-refractivity contribution >= 4 is 27.2 Å². The third-order valence-electron chi connectivity index (χ3n) is 2.82. The van der Waals surface area contributed by atoms with Gasteiger partial charge in [0.05, 0.1) is 12.4 Å². The Balaban J connectivity index is 1.91. The van der Waals surface area contributed by atoms with Crippen LogP contribution < -0.4 is 0 Å². The highest BCUT2D eigenvalue weighted by atomic mass is 32.1. The first-order valence-corrected chi connectivity index (χ1v) is 6.47. The fourth-order valence-corrected chi connectivity index (χ4v) is 2.86. The van der Waals surface area contributed by atoms with Gasteiger partial charge in [0.15, 0.2) is 5.78 Å². The van der Waals surface area contributed by atoms with Crippen LogP contribution in [0, 0.1) is 0 Å². The van der Waals surface area contributed by atoms with Gasteiger partial charge in [0.25, 0.3) is 0 Å². The molecule has 0 atom stereocenters. The Kier molecular flexibility index (Phi) is 2.86. The summed E-state index contributed by atoms with van der Waals surface area (Å²) in [4.78, 5) is 12.1. The van der Waals surface area contributed by atoms with Crippen molar-refractivity contribution in [3.63, 3.8) is 0 Å². The van der Waals surface area contributed by atoms with Crippen molar-refractivity contribution in [2.24, 2.45) is 0 Å². The van der Waals surface area contributed by atoms with Gasteiger partial charge in [-0.15, -0.1) is 11.3 Å². The maximum absolute atomic E-state index is 12.1. The van der Waals surface area contributed by atoms with Crippen LogP contribution >= 0.6 is 11.3 Å². The van der Waals surface area contributed by atoms with Crippen LogP contribution in [-0.2, 0) is 6.42 Å². The summed E-state index contributed by atoms with van der Waals surface area (Å²) in [5, 5.41) is 10.6. The van der Waals surface area contributed by atoms with Crippen LogP contribution in [0.5, 0.6) is 0 Å². The Morgan fingerprint density at radius 1 is 1.17 bits per heavy atom. The molecule has 0 radical (unpaired) electrons. The Labute approximate surface area is 108 Å². The molecule has 0 unspecified atom stereocenters. The van der Waals surface area contributed by atoms with Gasteiger partial charge in [-0.3, -0.25) is 4.79 Å². The van der Waals surface area contributed by atoms with Crippen molar-refractivity contribution in [1.82, 2.24) is 10.2 Å². The molecule has 0 aliphatic rings. The van der Waals surface area contributed by atoms with E-state index in [9.17, 15) is 4.79 Å². The Hall–Kier alpha value is -2.07. The van der Waals surface area contributed by atoms with Gasteiger partial charge < -0.3 is 0 Å². The minimum Gasteiger partial charge on any atom is -0.294 e. The van der Waals surface area contributed by atoms with Crippen molar-refractivity contribution in [3.8, 4) is 0 Å². The molecule has 18 heavy (non-hydrogen) atoms. The van der Waals surface area contributed by atoms with Gasteiger partial charge in [-0.25, -0.2) is 0 Å². The Morgan fingerprint density at radius 3 is 2.89 bits per heavy atom. The molecule has 0 spiro atoms. The summed E-state index contributed by atoms with van der Waals surface area (Å²) in [5.41, 5.74) is 1.69. The van der Waals surface area contributed by atoms with Crippen molar-refractivity contribution < 1.29 is 4.79 Å². The van der Waals surface area contributed by atoms with E-state index >= 15 is 0 Å². The SMILES string of the molecule is O=C(Cc1csc2ccccc12)c1ccnnc1. The smallest absolute Gasteiger partial charge is 0.168 e. The number of ketones is 1. The second kappa shape index (κ2) is 4.66. The highest BCUT2D eigenvalue weighted by Gasteiger charge is 2.10. The quantitative estimate of drug-likeness (QED) is 0.674. The van der Waals surface area contributed by atoms with Crippen LogP contribution in [0.1, 0.15) is 15.9 Å². The van der Waals surface area contributed by atoms with Gasteiger partial charge in [-0.05, 0) is 28.5 Å². The number of nitrogens with zero attached hydrogens (tertiary/aromatic N) is 2. The lowest BCUT2D eigenvalue weighted by Crippen LogP contribution is -2.03. The molecule has 0 aliphatic heterocycles. The molecule has 0 saturated heterocycles. The van der Waals surface area contributed by atoms with E-state index in [1.165, 1.54) is 10.9 Å². The average molecular weight is 254 g/mol. The van der Waals surface area contributed by atoms with Crippen LogP contribution in [0.25, 0.3) is 10.1 Å². The second-order valence-corrected chi connectivity index (χ2v) is 4.90. The van der Waals surface area contributed by atoms with E-state index in [0.29, 0.717) is 12.0 Å². The molecular weight excluding hydrogens is 244 g/mol. The number of carbonyl (C=O) groups is 1. The van der Waals surface area contributed by atoms with Crippen LogP contribution in [-0.4, -0.2) is 16.0 Å². The Bertz CT molecular complexity index is 691. The molecule has 1 aromatic carbocycles. The summed E-state index contributed by atoms with van der Waals surface area (Å²) in [6.07, 6.45) is 3.46. The number of hydrogen-bond acceptors (Lipinski definition) is 4. The van der Waals surface area contributed by atoms with E-state index in [-0.39, 0.29) is 5.78 Å². The number of rotatable bonds is 3. The third-order valence-corrected chi connectivity index (χ3v) is 3.83.